The molecule has 6 saturated carbocycles. The molecule has 9 aliphatic carbocycles. The van der Waals surface area contributed by atoms with E-state index in [-0.39, 0.29) is 91.8 Å². The van der Waals surface area contributed by atoms with Crippen LogP contribution in [0.2, 0.25) is 0 Å². The summed E-state index contributed by atoms with van der Waals surface area (Å²) in [6.45, 7) is 26.4. The van der Waals surface area contributed by atoms with Crippen LogP contribution in [-0.2, 0) is 100.0 Å². The molecule has 708 valence electrons. The number of ketones is 3. The summed E-state index contributed by atoms with van der Waals surface area (Å²) >= 11 is 9.27. The number of halogens is 1. The summed E-state index contributed by atoms with van der Waals surface area (Å²) < 4.78 is 72.0. The van der Waals surface area contributed by atoms with E-state index in [1.54, 1.807) is 161 Å². The number of aliphatic hydroxyl groups excluding tert-OH is 4. The fourth-order valence-electron chi connectivity index (χ4n) is 24.2. The van der Waals surface area contributed by atoms with Crippen LogP contribution in [0.1, 0.15) is 201 Å². The molecule has 3 aromatic carbocycles. The Morgan fingerprint density at radius 2 is 0.708 bits per heavy atom. The van der Waals surface area contributed by atoms with E-state index >= 15 is 4.79 Å². The largest absolute Gasteiger partial charge is 0.455 e. The second-order valence-corrected chi connectivity index (χ2v) is 40.3. The number of hydrogen-bond donors (Lipinski definition) is 7. The molecule has 15 rings (SSSR count). The van der Waals surface area contributed by atoms with Gasteiger partial charge in [0.1, 0.15) is 53.4 Å². The van der Waals surface area contributed by atoms with Gasteiger partial charge in [-0.2, -0.15) is 0 Å². The lowest BCUT2D eigenvalue weighted by molar-refractivity contribution is -0.345. The third-order valence-electron chi connectivity index (χ3n) is 31.0. The molecule has 3 saturated heterocycles. The summed E-state index contributed by atoms with van der Waals surface area (Å²) in [5, 5.41) is 84.5. The monoisotopic (exact) mass is 1960 g/mol. The van der Waals surface area contributed by atoms with Crippen LogP contribution in [-0.4, -0.2) is 255 Å². The van der Waals surface area contributed by atoms with Crippen LogP contribution in [0.25, 0.3) is 0 Å². The van der Waals surface area contributed by atoms with Crippen molar-refractivity contribution >= 4 is 122 Å². The molecule has 7 N–H and O–H groups in total. The summed E-state index contributed by atoms with van der Waals surface area (Å²) in [6.07, 6.45) is -15.0. The van der Waals surface area contributed by atoms with Gasteiger partial charge in [-0.15, -0.1) is 11.8 Å². The second kappa shape index (κ2) is 36.3. The Labute approximate surface area is 777 Å². The number of carbonyl (C=O) groups is 12. The van der Waals surface area contributed by atoms with E-state index in [4.69, 9.17) is 69.1 Å². The maximum Gasteiger partial charge on any atom is 0.338 e. The maximum atomic E-state index is 15.3. The number of aliphatic hydroxyl groups is 7. The predicted octanol–water partition coefficient (Wildman–Crippen LogP) is 8.98. The highest BCUT2D eigenvalue weighted by atomic mass is 127. The standard InChI is InChI=1S/C33H40O10S2.C31H38O11.C31H38O10.CH3I/c1-16-21(36)14-33(39)27(42-28(38)19-11-9-8-10-12-19)25-31(6,26(37)24(41-17(2)34)23(16)30(33,4)5)20(29(44)45-7)13-22-32(25,15-40-22)43-18(3)35;1-15-19(34)13-31(38)26(41-27(37)18-10-8-7-9-11-18)24-29(6,20(35)12-21-30(24,14-39-21)42-17(3)33)25(36)23(40-16(2)32)22(15)28(31,4)5;1-16-20(34)14-31(37)26(40-27(36)19-10-8-7-9-11-19)24-29(6,13-12-21-30(24,15-38-21)41-18(3)33)25(35)23(39-17(2)32)22(16)28(31,4)5;1-2/h8-12,20-22,24-25,27,36,39H,13-15H2,1-7H3;7-11,19-21,23-24,26,34-35,38H,12-14H2,1-6H3;7-11,20-21,23-24,26,34,37H,12-15H2,1-6H3;1H3/t20-,21+,22-,24-,25+,27+,31-,32+,33-;19-,20-,21+,23+,24-,26-,29+,30-,31+;20-,21+,23+,24-,26-,29+,30-,31+;/m100./s1. The smallest absolute Gasteiger partial charge is 0.338 e. The number of fused-ring (bicyclic) bond motifs is 15. The second-order valence-electron chi connectivity index (χ2n) is 38.8. The highest BCUT2D eigenvalue weighted by molar-refractivity contribution is 14.1. The zero-order valence-electron chi connectivity index (χ0n) is 76.7. The van der Waals surface area contributed by atoms with Gasteiger partial charge >= 0.3 is 53.7 Å². The first-order valence-corrected chi connectivity index (χ1v) is 47.2. The minimum absolute atomic E-state index is 0.0802. The number of thioether (sulfide) groups is 1. The van der Waals surface area contributed by atoms with Crippen molar-refractivity contribution in [3.05, 3.63) is 141 Å². The number of hydrogen-bond acceptors (Lipinski definition) is 33. The molecule has 12 aliphatic rings. The normalized spacial score (nSPS) is 38.7. The van der Waals surface area contributed by atoms with Crippen molar-refractivity contribution in [3.63, 3.8) is 0 Å². The van der Waals surface area contributed by atoms with E-state index in [0.29, 0.717) is 27.3 Å². The number of Topliss-reactive ketones (excluding diaryl/α,β-unsaturated/α-hetero) is 3. The van der Waals surface area contributed by atoms with Crippen LogP contribution in [0, 0.1) is 56.2 Å². The van der Waals surface area contributed by atoms with E-state index in [1.807, 2.05) is 4.93 Å². The zero-order valence-corrected chi connectivity index (χ0v) is 80.5. The molecular weight excluding hydrogens is 1840 g/mol. The van der Waals surface area contributed by atoms with Gasteiger partial charge in [0, 0.05) is 100 Å². The fraction of sp³-hybridized carbons (Fsp3) is 0.615. The van der Waals surface area contributed by atoms with Crippen LogP contribution in [0.4, 0.5) is 0 Å². The Morgan fingerprint density at radius 3 is 1.01 bits per heavy atom. The van der Waals surface area contributed by atoms with E-state index < -0.39 is 240 Å². The number of alkyl halides is 1. The van der Waals surface area contributed by atoms with Gasteiger partial charge in [-0.3, -0.25) is 43.2 Å². The molecule has 0 radical (unpaired) electrons. The third kappa shape index (κ3) is 15.9. The number of carbonyl (C=O) groups excluding carboxylic acids is 12. The van der Waals surface area contributed by atoms with Gasteiger partial charge in [-0.05, 0) is 128 Å². The Hall–Kier alpha value is -8.11. The number of thiocarbonyl (C=S) groups is 1. The Morgan fingerprint density at radius 1 is 0.415 bits per heavy atom. The van der Waals surface area contributed by atoms with Gasteiger partial charge in [0.25, 0.3) is 0 Å². The molecule has 9 fully saturated rings. The summed E-state index contributed by atoms with van der Waals surface area (Å²) in [5.74, 6) is -12.7. The highest BCUT2D eigenvalue weighted by Crippen LogP contribution is 2.70. The lowest BCUT2D eigenvalue weighted by Gasteiger charge is -2.68. The molecule has 0 spiro atoms. The lowest BCUT2D eigenvalue weighted by Crippen LogP contribution is -2.81. The quantitative estimate of drug-likeness (QED) is 0.0209. The third-order valence-corrected chi connectivity index (χ3v) is 32.5. The van der Waals surface area contributed by atoms with Crippen molar-refractivity contribution in [1.82, 2.24) is 0 Å². The molecule has 0 unspecified atom stereocenters. The summed E-state index contributed by atoms with van der Waals surface area (Å²) in [6, 6.07) is 24.5. The Balaban J connectivity index is 0.000000175. The molecule has 3 aliphatic heterocycles. The molecule has 3 aromatic rings. The molecule has 0 amide bonds. The Kier molecular flexibility index (Phi) is 28.1. The molecule has 26 atom stereocenters. The number of benzene rings is 3. The molecule has 130 heavy (non-hydrogen) atoms. The van der Waals surface area contributed by atoms with Crippen molar-refractivity contribution < 1.29 is 150 Å². The first-order chi connectivity index (χ1) is 60.6. The molecule has 34 heteroatoms. The van der Waals surface area contributed by atoms with Gasteiger partial charge in [0.2, 0.25) is 0 Å². The maximum absolute atomic E-state index is 15.3. The van der Waals surface area contributed by atoms with Crippen molar-refractivity contribution in [3.8, 4) is 0 Å². The first-order valence-electron chi connectivity index (χ1n) is 43.4. The van der Waals surface area contributed by atoms with E-state index in [2.05, 4.69) is 22.6 Å². The first kappa shape index (κ1) is 101. The van der Waals surface area contributed by atoms with Gasteiger partial charge in [-0.1, -0.05) is 145 Å². The number of rotatable bonds is 13. The van der Waals surface area contributed by atoms with Crippen molar-refractivity contribution in [2.24, 2.45) is 56.2 Å². The minimum atomic E-state index is -2.11. The summed E-state index contributed by atoms with van der Waals surface area (Å²) in [4.78, 5) is 163. The topological polar surface area (TPSA) is 457 Å². The number of esters is 9. The fourth-order valence-corrected chi connectivity index (χ4v) is 25.2. The van der Waals surface area contributed by atoms with E-state index in [9.17, 15) is 88.5 Å². The van der Waals surface area contributed by atoms with Crippen LogP contribution >= 0.6 is 46.6 Å². The molecule has 6 bridgehead atoms. The Bertz CT molecular complexity index is 5150. The highest BCUT2D eigenvalue weighted by Gasteiger charge is 2.82. The average Bonchev–Trinajstić information content (AvgIpc) is 0.674. The van der Waals surface area contributed by atoms with E-state index in [0.717, 1.165) is 6.92 Å². The molecule has 3 heterocycles. The molecule has 0 aromatic heterocycles. The molecular formula is C96H119IO31S2. The van der Waals surface area contributed by atoms with Crippen LogP contribution in [0.5, 0.6) is 0 Å². The van der Waals surface area contributed by atoms with Crippen molar-refractivity contribution in [2.45, 2.75) is 283 Å². The van der Waals surface area contributed by atoms with Crippen LogP contribution in [0.15, 0.2) is 124 Å². The minimum Gasteiger partial charge on any atom is -0.455 e. The van der Waals surface area contributed by atoms with Gasteiger partial charge in [0.15, 0.2) is 52.5 Å². The number of ether oxygens (including phenoxy) is 12. The van der Waals surface area contributed by atoms with Gasteiger partial charge in [0.05, 0.1) is 88.3 Å². The molecule has 31 nitrogen and oxygen atoms in total. The SMILES string of the molecule is CC(=O)O[C@H]1C(=O)[C@@]2(C)[C@H]([C@H](OC(=O)c3ccccc3)[C@]3(O)C[C@H](O)C(C)=C1C3(C)C)[C@]1(OC(C)=O)CO[C@@H]1C[C@@H]2O.CC(=O)O[C@H]1C(=O)[C@]2(C)CC[C@H]3OC[C@@]3(OC(C)=O)[C@H]2[C@H](OC(=O)c2ccccc2)[C@]2(O)C[C@H](O)C(C)=C1C2(C)C.CI.CSC(=S)[C@H]1C[C@H]2OC[C@@]2(OC(C)=O)[C@H]2[C@H](OC(=O)c3ccccc3)[C@]3(O)C[C@H](O)C(C)=C([C@@H](OC(C)=O)C(=O)[C@]12C)C3(C)C. The zero-order chi connectivity index (χ0) is 96.4. The summed E-state index contributed by atoms with van der Waals surface area (Å²) in [7, 11) is 0. The van der Waals surface area contributed by atoms with Crippen LogP contribution < -0.4 is 0 Å². The van der Waals surface area contributed by atoms with E-state index in [1.165, 1.54) is 65.4 Å². The average molecular weight is 1960 g/mol. The van der Waals surface area contributed by atoms with Crippen molar-refractivity contribution in [2.75, 3.05) is 31.0 Å². The predicted molar refractivity (Wildman–Crippen MR) is 476 cm³/mol. The van der Waals surface area contributed by atoms with Crippen LogP contribution in [0.3, 0.4) is 0 Å². The summed E-state index contributed by atoms with van der Waals surface area (Å²) in [5.41, 5.74) is -17.4. The van der Waals surface area contributed by atoms with Crippen molar-refractivity contribution in [1.29, 1.82) is 0 Å². The van der Waals surface area contributed by atoms with Gasteiger partial charge < -0.3 is 92.6 Å². The lowest BCUT2D eigenvalue weighted by atomic mass is 9.43. The van der Waals surface area contributed by atoms with Gasteiger partial charge in [-0.25, -0.2) is 14.4 Å².